The number of ether oxygens (including phenoxy) is 1. The van der Waals surface area contributed by atoms with E-state index in [2.05, 4.69) is 78.0 Å². The first-order chi connectivity index (χ1) is 14.1. The van der Waals surface area contributed by atoms with Gasteiger partial charge in [0.25, 0.3) is 0 Å². The van der Waals surface area contributed by atoms with Crippen LogP contribution in [0, 0.1) is 0 Å². The van der Waals surface area contributed by atoms with Crippen molar-refractivity contribution in [2.45, 2.75) is 43.7 Å². The van der Waals surface area contributed by atoms with Gasteiger partial charge in [-0.2, -0.15) is 0 Å². The lowest BCUT2D eigenvalue weighted by Gasteiger charge is -2.45. The van der Waals surface area contributed by atoms with E-state index >= 15 is 0 Å². The average Bonchev–Trinajstić information content (AvgIpc) is 3.17. The number of nitrogens with one attached hydrogen (secondary N) is 2. The number of aromatic amines is 1. The van der Waals surface area contributed by atoms with Crippen LogP contribution in [-0.4, -0.2) is 43.7 Å². The lowest BCUT2D eigenvalue weighted by atomic mass is 9.74. The van der Waals surface area contributed by atoms with Crippen LogP contribution in [0.3, 0.4) is 0 Å². The van der Waals surface area contributed by atoms with Crippen molar-refractivity contribution in [3.63, 3.8) is 0 Å². The number of aromatic nitrogens is 1. The Kier molecular flexibility index (Phi) is 5.93. The van der Waals surface area contributed by atoms with Crippen molar-refractivity contribution in [1.82, 2.24) is 15.2 Å². The summed E-state index contributed by atoms with van der Waals surface area (Å²) in [6, 6.07) is 17.9. The van der Waals surface area contributed by atoms with E-state index in [0.717, 1.165) is 18.7 Å². The Hall–Kier alpha value is -2.30. The van der Waals surface area contributed by atoms with Crippen molar-refractivity contribution >= 4 is 10.9 Å². The molecule has 154 valence electrons. The molecule has 0 bridgehead atoms. The number of hydrogen-bond acceptors (Lipinski definition) is 3. The van der Waals surface area contributed by atoms with Crippen LogP contribution in [0.5, 0.6) is 5.75 Å². The highest BCUT2D eigenvalue weighted by atomic mass is 16.5. The predicted octanol–water partition coefficient (Wildman–Crippen LogP) is 4.71. The highest BCUT2D eigenvalue weighted by Gasteiger charge is 2.38. The van der Waals surface area contributed by atoms with Gasteiger partial charge in [-0.1, -0.05) is 30.3 Å². The average molecular weight is 392 g/mol. The maximum absolute atomic E-state index is 5.39. The van der Waals surface area contributed by atoms with Gasteiger partial charge in [-0.3, -0.25) is 4.90 Å². The standard InChI is InChI=1S/C25H33N3O/c1-28(2)25(20-7-5-4-6-8-20)14-11-21(12-15-25)26-16-13-19-18-27-24-10-9-22(29-3)17-23(19)24/h4-10,17-18,21,26-27H,11-16H2,1-3H3. The first-order valence-corrected chi connectivity index (χ1v) is 10.7. The van der Waals surface area contributed by atoms with Crippen molar-refractivity contribution in [3.05, 3.63) is 65.9 Å². The molecule has 0 saturated heterocycles. The predicted molar refractivity (Wildman–Crippen MR) is 121 cm³/mol. The van der Waals surface area contributed by atoms with Crippen molar-refractivity contribution in [3.8, 4) is 5.75 Å². The lowest BCUT2D eigenvalue weighted by molar-refractivity contribution is 0.0858. The number of hydrogen-bond donors (Lipinski definition) is 2. The van der Waals surface area contributed by atoms with Crippen LogP contribution in [-0.2, 0) is 12.0 Å². The Morgan fingerprint density at radius 1 is 1.10 bits per heavy atom. The monoisotopic (exact) mass is 391 g/mol. The van der Waals surface area contributed by atoms with Crippen LogP contribution in [0.1, 0.15) is 36.8 Å². The maximum Gasteiger partial charge on any atom is 0.119 e. The largest absolute Gasteiger partial charge is 0.497 e. The molecule has 0 atom stereocenters. The zero-order valence-electron chi connectivity index (χ0n) is 17.9. The summed E-state index contributed by atoms with van der Waals surface area (Å²) in [7, 11) is 6.18. The number of nitrogens with zero attached hydrogens (tertiary/aromatic N) is 1. The molecule has 2 N–H and O–H groups in total. The lowest BCUT2D eigenvalue weighted by Crippen LogP contribution is -2.48. The molecule has 4 heteroatoms. The molecule has 0 amide bonds. The second-order valence-electron chi connectivity index (χ2n) is 8.50. The summed E-state index contributed by atoms with van der Waals surface area (Å²) in [4.78, 5) is 5.81. The molecule has 1 fully saturated rings. The highest BCUT2D eigenvalue weighted by Crippen LogP contribution is 2.41. The first kappa shape index (κ1) is 20.0. The van der Waals surface area contributed by atoms with Gasteiger partial charge in [0.15, 0.2) is 0 Å². The molecule has 0 radical (unpaired) electrons. The molecule has 1 aliphatic rings. The second kappa shape index (κ2) is 8.60. The Bertz CT molecular complexity index is 924. The number of H-pyrrole nitrogens is 1. The molecule has 1 aliphatic carbocycles. The Labute approximate surface area is 174 Å². The van der Waals surface area contributed by atoms with E-state index in [0.29, 0.717) is 6.04 Å². The number of fused-ring (bicyclic) bond motifs is 1. The van der Waals surface area contributed by atoms with Crippen molar-refractivity contribution in [2.75, 3.05) is 27.7 Å². The summed E-state index contributed by atoms with van der Waals surface area (Å²) in [5.74, 6) is 0.916. The normalized spacial score (nSPS) is 22.3. The van der Waals surface area contributed by atoms with Gasteiger partial charge in [0.05, 0.1) is 7.11 Å². The fourth-order valence-corrected chi connectivity index (χ4v) is 4.94. The van der Waals surface area contributed by atoms with Gasteiger partial charge in [-0.25, -0.2) is 0 Å². The van der Waals surface area contributed by atoms with Gasteiger partial charge in [0, 0.05) is 28.7 Å². The van der Waals surface area contributed by atoms with E-state index in [1.165, 1.54) is 47.7 Å². The number of rotatable bonds is 7. The third kappa shape index (κ3) is 4.05. The highest BCUT2D eigenvalue weighted by molar-refractivity contribution is 5.84. The number of benzene rings is 2. The van der Waals surface area contributed by atoms with Crippen molar-refractivity contribution in [2.24, 2.45) is 0 Å². The summed E-state index contributed by atoms with van der Waals surface area (Å²) in [5.41, 5.74) is 4.16. The van der Waals surface area contributed by atoms with Crippen LogP contribution in [0.4, 0.5) is 0 Å². The Morgan fingerprint density at radius 3 is 2.55 bits per heavy atom. The van der Waals surface area contributed by atoms with Crippen LogP contribution < -0.4 is 10.1 Å². The molecule has 0 spiro atoms. The quantitative estimate of drug-likeness (QED) is 0.613. The molecule has 2 aromatic carbocycles. The van der Waals surface area contributed by atoms with Crippen LogP contribution >= 0.6 is 0 Å². The van der Waals surface area contributed by atoms with E-state index < -0.39 is 0 Å². The van der Waals surface area contributed by atoms with Crippen molar-refractivity contribution < 1.29 is 4.74 Å². The van der Waals surface area contributed by atoms with E-state index in [4.69, 9.17) is 4.74 Å². The minimum Gasteiger partial charge on any atom is -0.497 e. The molecular weight excluding hydrogens is 358 g/mol. The molecule has 0 aliphatic heterocycles. The minimum absolute atomic E-state index is 0.173. The zero-order chi connectivity index (χ0) is 20.3. The molecule has 4 rings (SSSR count). The molecule has 0 unspecified atom stereocenters. The second-order valence-corrected chi connectivity index (χ2v) is 8.50. The SMILES string of the molecule is COc1ccc2[nH]cc(CCNC3CCC(c4ccccc4)(N(C)C)CC3)c2c1. The molecular formula is C25H33N3O. The van der Waals surface area contributed by atoms with Gasteiger partial charge in [0.2, 0.25) is 0 Å². The molecule has 1 saturated carbocycles. The topological polar surface area (TPSA) is 40.3 Å². The van der Waals surface area contributed by atoms with Gasteiger partial charge < -0.3 is 15.0 Å². The molecule has 4 nitrogen and oxygen atoms in total. The van der Waals surface area contributed by atoms with Gasteiger partial charge >= 0.3 is 0 Å². The fourth-order valence-electron chi connectivity index (χ4n) is 4.94. The van der Waals surface area contributed by atoms with E-state index in [-0.39, 0.29) is 5.54 Å². The molecule has 3 aromatic rings. The Morgan fingerprint density at radius 2 is 1.86 bits per heavy atom. The zero-order valence-corrected chi connectivity index (χ0v) is 17.9. The Balaban J connectivity index is 1.35. The number of methoxy groups -OCH3 is 1. The van der Waals surface area contributed by atoms with Crippen LogP contribution in [0.25, 0.3) is 10.9 Å². The summed E-state index contributed by atoms with van der Waals surface area (Å²) < 4.78 is 5.39. The van der Waals surface area contributed by atoms with E-state index in [1.54, 1.807) is 7.11 Å². The maximum atomic E-state index is 5.39. The third-order valence-electron chi connectivity index (χ3n) is 6.78. The van der Waals surface area contributed by atoms with Crippen LogP contribution in [0.15, 0.2) is 54.7 Å². The molecule has 1 heterocycles. The summed E-state index contributed by atoms with van der Waals surface area (Å²) in [5, 5.41) is 5.09. The van der Waals surface area contributed by atoms with Gasteiger partial charge in [0.1, 0.15) is 5.75 Å². The summed E-state index contributed by atoms with van der Waals surface area (Å²) >= 11 is 0. The summed E-state index contributed by atoms with van der Waals surface area (Å²) in [6.07, 6.45) is 8.00. The van der Waals surface area contributed by atoms with Gasteiger partial charge in [-0.15, -0.1) is 0 Å². The van der Waals surface area contributed by atoms with Gasteiger partial charge in [-0.05, 0) is 82.1 Å². The van der Waals surface area contributed by atoms with Crippen molar-refractivity contribution in [1.29, 1.82) is 0 Å². The smallest absolute Gasteiger partial charge is 0.119 e. The molecule has 1 aromatic heterocycles. The molecule has 29 heavy (non-hydrogen) atoms. The third-order valence-corrected chi connectivity index (χ3v) is 6.78. The van der Waals surface area contributed by atoms with Crippen LogP contribution in [0.2, 0.25) is 0 Å². The minimum atomic E-state index is 0.173. The van der Waals surface area contributed by atoms with E-state index in [1.807, 2.05) is 6.07 Å². The summed E-state index contributed by atoms with van der Waals surface area (Å²) in [6.45, 7) is 1.01. The van der Waals surface area contributed by atoms with E-state index in [9.17, 15) is 0 Å². The fraction of sp³-hybridized carbons (Fsp3) is 0.440. The first-order valence-electron chi connectivity index (χ1n) is 10.7.